The molecule has 108 valence electrons. The van der Waals surface area contributed by atoms with Crippen LogP contribution in [0.4, 0.5) is 10.7 Å². The number of amides is 1. The minimum absolute atomic E-state index is 0.233. The van der Waals surface area contributed by atoms with E-state index in [1.807, 2.05) is 6.07 Å². The molecular weight excluding hydrogens is 272 g/mol. The summed E-state index contributed by atoms with van der Waals surface area (Å²) in [5.74, 6) is 0.191. The van der Waals surface area contributed by atoms with E-state index in [1.165, 1.54) is 24.2 Å². The summed E-state index contributed by atoms with van der Waals surface area (Å²) in [5.41, 5.74) is 11.9. The first-order chi connectivity index (χ1) is 9.58. The first-order valence-electron chi connectivity index (χ1n) is 6.95. The molecule has 1 amide bonds. The standard InChI is InChI=1S/C14H20N4OS/c1-2-9-4-3-6-18(7-5-9)14-11(13(17)19)12(16)10(8-15)20-14/h9H,2-7,16H2,1H3,(H2,17,19). The first-order valence-corrected chi connectivity index (χ1v) is 7.77. The van der Waals surface area contributed by atoms with Crippen LogP contribution in [0.15, 0.2) is 0 Å². The Kier molecular flexibility index (Phi) is 4.50. The van der Waals surface area contributed by atoms with Crippen molar-refractivity contribution in [2.75, 3.05) is 23.7 Å². The number of nitrogens with zero attached hydrogens (tertiary/aromatic N) is 2. The van der Waals surface area contributed by atoms with Gasteiger partial charge in [0.25, 0.3) is 5.91 Å². The summed E-state index contributed by atoms with van der Waals surface area (Å²) >= 11 is 1.28. The average molecular weight is 292 g/mol. The third-order valence-corrected chi connectivity index (χ3v) is 5.16. The fraction of sp³-hybridized carbons (Fsp3) is 0.571. The van der Waals surface area contributed by atoms with Crippen LogP contribution >= 0.6 is 11.3 Å². The van der Waals surface area contributed by atoms with Crippen LogP contribution in [0.5, 0.6) is 0 Å². The van der Waals surface area contributed by atoms with E-state index in [-0.39, 0.29) is 5.69 Å². The Morgan fingerprint density at radius 3 is 2.85 bits per heavy atom. The second-order valence-electron chi connectivity index (χ2n) is 5.19. The number of carbonyl (C=O) groups is 1. The lowest BCUT2D eigenvalue weighted by atomic mass is 9.98. The van der Waals surface area contributed by atoms with E-state index in [1.54, 1.807) is 0 Å². The minimum atomic E-state index is -0.550. The highest BCUT2D eigenvalue weighted by Gasteiger charge is 2.26. The highest BCUT2D eigenvalue weighted by molar-refractivity contribution is 7.17. The van der Waals surface area contributed by atoms with Gasteiger partial charge < -0.3 is 16.4 Å². The molecule has 1 unspecified atom stereocenters. The number of anilines is 2. The average Bonchev–Trinajstić information content (AvgIpc) is 2.62. The zero-order chi connectivity index (χ0) is 14.7. The molecule has 1 fully saturated rings. The lowest BCUT2D eigenvalue weighted by Gasteiger charge is -2.22. The van der Waals surface area contributed by atoms with E-state index in [0.29, 0.717) is 10.4 Å². The van der Waals surface area contributed by atoms with Gasteiger partial charge in [0.05, 0.1) is 11.3 Å². The molecule has 0 bridgehead atoms. The molecule has 6 heteroatoms. The number of rotatable bonds is 3. The summed E-state index contributed by atoms with van der Waals surface area (Å²) in [7, 11) is 0. The molecule has 5 nitrogen and oxygen atoms in total. The molecule has 4 N–H and O–H groups in total. The fourth-order valence-corrected chi connectivity index (χ4v) is 3.83. The van der Waals surface area contributed by atoms with Crippen LogP contribution in [0.25, 0.3) is 0 Å². The zero-order valence-corrected chi connectivity index (χ0v) is 12.5. The van der Waals surface area contributed by atoms with Crippen molar-refractivity contribution in [3.63, 3.8) is 0 Å². The van der Waals surface area contributed by atoms with E-state index in [4.69, 9.17) is 16.7 Å². The van der Waals surface area contributed by atoms with Gasteiger partial charge in [0.1, 0.15) is 15.9 Å². The van der Waals surface area contributed by atoms with E-state index < -0.39 is 5.91 Å². The zero-order valence-electron chi connectivity index (χ0n) is 11.7. The second kappa shape index (κ2) is 6.14. The lowest BCUT2D eigenvalue weighted by Crippen LogP contribution is -2.26. The van der Waals surface area contributed by atoms with Gasteiger partial charge in [-0.3, -0.25) is 4.79 Å². The number of thiophene rings is 1. The molecule has 1 aliphatic heterocycles. The Balaban J connectivity index is 2.32. The van der Waals surface area contributed by atoms with Crippen molar-refractivity contribution in [3.8, 4) is 6.07 Å². The van der Waals surface area contributed by atoms with Gasteiger partial charge in [-0.1, -0.05) is 13.3 Å². The molecule has 20 heavy (non-hydrogen) atoms. The monoisotopic (exact) mass is 292 g/mol. The number of nitriles is 1. The predicted molar refractivity (Wildman–Crippen MR) is 81.8 cm³/mol. The Bertz CT molecular complexity index is 546. The molecule has 1 aromatic rings. The van der Waals surface area contributed by atoms with Crippen molar-refractivity contribution in [3.05, 3.63) is 10.4 Å². The van der Waals surface area contributed by atoms with Crippen LogP contribution in [0.2, 0.25) is 0 Å². The van der Waals surface area contributed by atoms with Crippen molar-refractivity contribution < 1.29 is 4.79 Å². The van der Waals surface area contributed by atoms with Crippen LogP contribution in [0, 0.1) is 17.2 Å². The van der Waals surface area contributed by atoms with Crippen LogP contribution in [0.3, 0.4) is 0 Å². The number of nitrogen functional groups attached to an aromatic ring is 1. The molecule has 1 atom stereocenters. The Labute approximate surface area is 123 Å². The van der Waals surface area contributed by atoms with Gasteiger partial charge in [0.2, 0.25) is 0 Å². The molecule has 0 spiro atoms. The maximum absolute atomic E-state index is 11.6. The summed E-state index contributed by atoms with van der Waals surface area (Å²) < 4.78 is 0. The summed E-state index contributed by atoms with van der Waals surface area (Å²) in [6.45, 7) is 4.00. The van der Waals surface area contributed by atoms with Crippen molar-refractivity contribution >= 4 is 27.9 Å². The maximum Gasteiger partial charge on any atom is 0.253 e. The SMILES string of the molecule is CCC1CCCN(c2sc(C#N)c(N)c2C(N)=O)CC1. The summed E-state index contributed by atoms with van der Waals surface area (Å²) in [5, 5.41) is 9.85. The number of primary amides is 1. The molecule has 0 radical (unpaired) electrons. The van der Waals surface area contributed by atoms with Crippen molar-refractivity contribution in [1.29, 1.82) is 5.26 Å². The highest BCUT2D eigenvalue weighted by Crippen LogP contribution is 2.39. The first kappa shape index (κ1) is 14.7. The van der Waals surface area contributed by atoms with Crippen LogP contribution in [-0.4, -0.2) is 19.0 Å². The Hall–Kier alpha value is -1.74. The summed E-state index contributed by atoms with van der Waals surface area (Å²) in [6, 6.07) is 2.04. The van der Waals surface area contributed by atoms with Crippen molar-refractivity contribution in [2.45, 2.75) is 32.6 Å². The van der Waals surface area contributed by atoms with E-state index in [2.05, 4.69) is 11.8 Å². The topological polar surface area (TPSA) is 96.1 Å². The molecule has 1 aliphatic rings. The van der Waals surface area contributed by atoms with E-state index in [9.17, 15) is 4.79 Å². The Morgan fingerprint density at radius 2 is 2.25 bits per heavy atom. The van der Waals surface area contributed by atoms with E-state index >= 15 is 0 Å². The molecule has 1 saturated heterocycles. The largest absolute Gasteiger partial charge is 0.396 e. The predicted octanol–water partition coefficient (Wildman–Crippen LogP) is 2.32. The van der Waals surface area contributed by atoms with E-state index in [0.717, 1.165) is 36.9 Å². The van der Waals surface area contributed by atoms with Gasteiger partial charge in [-0.2, -0.15) is 5.26 Å². The molecule has 0 saturated carbocycles. The number of hydrogen-bond acceptors (Lipinski definition) is 5. The third-order valence-electron chi connectivity index (χ3n) is 3.99. The Morgan fingerprint density at radius 1 is 1.50 bits per heavy atom. The van der Waals surface area contributed by atoms with Crippen molar-refractivity contribution in [1.82, 2.24) is 0 Å². The number of hydrogen-bond donors (Lipinski definition) is 2. The maximum atomic E-state index is 11.6. The van der Waals surface area contributed by atoms with Crippen LogP contribution in [-0.2, 0) is 0 Å². The molecule has 0 aromatic carbocycles. The molecule has 1 aromatic heterocycles. The number of carbonyl (C=O) groups excluding carboxylic acids is 1. The smallest absolute Gasteiger partial charge is 0.253 e. The van der Waals surface area contributed by atoms with Gasteiger partial charge in [0.15, 0.2) is 0 Å². The second-order valence-corrected chi connectivity index (χ2v) is 6.19. The van der Waals surface area contributed by atoms with Crippen molar-refractivity contribution in [2.24, 2.45) is 11.7 Å². The highest BCUT2D eigenvalue weighted by atomic mass is 32.1. The lowest BCUT2D eigenvalue weighted by molar-refractivity contribution is 0.100. The third kappa shape index (κ3) is 2.73. The fourth-order valence-electron chi connectivity index (χ4n) is 2.75. The van der Waals surface area contributed by atoms with Gasteiger partial charge in [0, 0.05) is 13.1 Å². The molecule has 2 heterocycles. The quantitative estimate of drug-likeness (QED) is 0.893. The minimum Gasteiger partial charge on any atom is -0.396 e. The van der Waals surface area contributed by atoms with Crippen LogP contribution in [0.1, 0.15) is 47.8 Å². The summed E-state index contributed by atoms with van der Waals surface area (Å²) in [6.07, 6.45) is 4.60. The normalized spacial score (nSPS) is 19.4. The summed E-state index contributed by atoms with van der Waals surface area (Å²) in [4.78, 5) is 14.2. The van der Waals surface area contributed by atoms with Crippen LogP contribution < -0.4 is 16.4 Å². The molecular formula is C14H20N4OS. The number of nitrogens with two attached hydrogens (primary N) is 2. The van der Waals surface area contributed by atoms with Gasteiger partial charge in [-0.25, -0.2) is 0 Å². The molecule has 0 aliphatic carbocycles. The molecule has 2 rings (SSSR count). The van der Waals surface area contributed by atoms with Gasteiger partial charge in [-0.15, -0.1) is 11.3 Å². The van der Waals surface area contributed by atoms with Gasteiger partial charge in [-0.05, 0) is 25.2 Å². The van der Waals surface area contributed by atoms with Gasteiger partial charge >= 0.3 is 0 Å².